The minimum atomic E-state index is -0.535. The highest BCUT2D eigenvalue weighted by atomic mass is 79.9. The van der Waals surface area contributed by atoms with Gasteiger partial charge in [-0.25, -0.2) is 9.59 Å². The maximum Gasteiger partial charge on any atom is 0.410 e. The predicted octanol–water partition coefficient (Wildman–Crippen LogP) is 6.38. The van der Waals surface area contributed by atoms with Gasteiger partial charge in [0.1, 0.15) is 11.2 Å². The largest absolute Gasteiger partial charge is 0.444 e. The van der Waals surface area contributed by atoms with E-state index in [-0.39, 0.29) is 30.3 Å². The average molecular weight is 509 g/mol. The van der Waals surface area contributed by atoms with Crippen molar-refractivity contribution in [3.63, 3.8) is 0 Å². The maximum atomic E-state index is 13.2. The number of nitrogens with zero attached hydrogens (tertiary/aromatic N) is 1. The molecule has 1 N–H and O–H groups in total. The van der Waals surface area contributed by atoms with E-state index in [0.717, 1.165) is 36.6 Å². The Morgan fingerprint density at radius 1 is 0.938 bits per heavy atom. The lowest BCUT2D eigenvalue weighted by Gasteiger charge is -2.38. The van der Waals surface area contributed by atoms with Gasteiger partial charge in [0.05, 0.1) is 0 Å². The first-order chi connectivity index (χ1) is 14.8. The van der Waals surface area contributed by atoms with Gasteiger partial charge >= 0.3 is 12.2 Å². The van der Waals surface area contributed by atoms with Gasteiger partial charge in [-0.3, -0.25) is 0 Å². The highest BCUT2D eigenvalue weighted by Crippen LogP contribution is 2.47. The Labute approximate surface area is 200 Å². The SMILES string of the molecule is CC(C)(C)OC(=O)N[C@H]1CC[C@H](N(C(=O)OC(C)(C)C)[C@@H]2C[C@H]2c2ccc(Br)cc2)CC1. The molecule has 2 amide bonds. The van der Waals surface area contributed by atoms with Gasteiger partial charge < -0.3 is 19.7 Å². The van der Waals surface area contributed by atoms with E-state index in [1.54, 1.807) is 0 Å². The van der Waals surface area contributed by atoms with Crippen LogP contribution in [0.15, 0.2) is 28.7 Å². The molecule has 0 saturated heterocycles. The van der Waals surface area contributed by atoms with Gasteiger partial charge in [0.15, 0.2) is 0 Å². The number of rotatable bonds is 4. The Bertz CT molecular complexity index is 805. The van der Waals surface area contributed by atoms with E-state index in [9.17, 15) is 9.59 Å². The molecule has 0 aromatic heterocycles. The summed E-state index contributed by atoms with van der Waals surface area (Å²) in [6.07, 6.45) is 3.66. The van der Waals surface area contributed by atoms with E-state index in [1.165, 1.54) is 5.56 Å². The van der Waals surface area contributed by atoms with Crippen molar-refractivity contribution in [2.45, 2.75) is 109 Å². The Morgan fingerprint density at radius 2 is 1.50 bits per heavy atom. The van der Waals surface area contributed by atoms with Crippen molar-refractivity contribution in [1.82, 2.24) is 10.2 Å². The molecule has 2 fully saturated rings. The normalized spacial score (nSPS) is 25.6. The molecule has 0 spiro atoms. The molecule has 2 aliphatic carbocycles. The Hall–Kier alpha value is -1.76. The fourth-order valence-electron chi connectivity index (χ4n) is 4.40. The number of nitrogens with one attached hydrogen (secondary N) is 1. The molecular weight excluding hydrogens is 472 g/mol. The number of carbonyl (C=O) groups excluding carboxylic acids is 2. The molecule has 0 aliphatic heterocycles. The second-order valence-corrected chi connectivity index (χ2v) is 11.9. The Kier molecular flexibility index (Phi) is 7.48. The van der Waals surface area contributed by atoms with E-state index in [1.807, 2.05) is 46.4 Å². The van der Waals surface area contributed by atoms with Gasteiger partial charge in [-0.1, -0.05) is 28.1 Å². The van der Waals surface area contributed by atoms with Crippen molar-refractivity contribution in [1.29, 1.82) is 0 Å². The van der Waals surface area contributed by atoms with E-state index in [2.05, 4.69) is 45.5 Å². The molecule has 1 aromatic rings. The number of halogens is 1. The number of hydrogen-bond acceptors (Lipinski definition) is 4. The Balaban J connectivity index is 1.64. The van der Waals surface area contributed by atoms with Crippen LogP contribution in [-0.2, 0) is 9.47 Å². The van der Waals surface area contributed by atoms with E-state index >= 15 is 0 Å². The minimum absolute atomic E-state index is 0.0723. The van der Waals surface area contributed by atoms with Crippen molar-refractivity contribution in [3.8, 4) is 0 Å². The molecule has 178 valence electrons. The number of ether oxygens (including phenoxy) is 2. The number of amides is 2. The number of alkyl carbamates (subject to hydrolysis) is 1. The summed E-state index contributed by atoms with van der Waals surface area (Å²) in [5.41, 5.74) is 0.210. The number of carbonyl (C=O) groups is 2. The molecule has 2 aliphatic rings. The molecule has 32 heavy (non-hydrogen) atoms. The summed E-state index contributed by atoms with van der Waals surface area (Å²) in [7, 11) is 0. The second-order valence-electron chi connectivity index (χ2n) is 11.0. The van der Waals surface area contributed by atoms with Crippen molar-refractivity contribution in [3.05, 3.63) is 34.3 Å². The van der Waals surface area contributed by atoms with Crippen LogP contribution in [0.25, 0.3) is 0 Å². The van der Waals surface area contributed by atoms with Crippen molar-refractivity contribution < 1.29 is 19.1 Å². The molecule has 7 heteroatoms. The van der Waals surface area contributed by atoms with Gasteiger partial charge in [0.25, 0.3) is 0 Å². The van der Waals surface area contributed by atoms with Crippen LogP contribution in [0.1, 0.15) is 85.1 Å². The lowest BCUT2D eigenvalue weighted by Crippen LogP contribution is -2.49. The molecule has 3 rings (SSSR count). The predicted molar refractivity (Wildman–Crippen MR) is 129 cm³/mol. The van der Waals surface area contributed by atoms with Crippen molar-refractivity contribution in [2.75, 3.05) is 0 Å². The van der Waals surface area contributed by atoms with Gasteiger partial charge in [0, 0.05) is 28.5 Å². The van der Waals surface area contributed by atoms with E-state index in [4.69, 9.17) is 9.47 Å². The van der Waals surface area contributed by atoms with Crippen LogP contribution in [0.2, 0.25) is 0 Å². The molecule has 0 heterocycles. The summed E-state index contributed by atoms with van der Waals surface area (Å²) >= 11 is 3.49. The standard InChI is InChI=1S/C25H37BrN2O4/c1-24(2,3)31-22(29)27-18-11-13-19(14-12-18)28(23(30)32-25(4,5)6)21-15-20(21)16-7-9-17(26)10-8-16/h7-10,18-21H,11-15H2,1-6H3,(H,27,29)/t18-,19-,20-,21+/m0/s1. The van der Waals surface area contributed by atoms with Crippen LogP contribution in [0.3, 0.4) is 0 Å². The van der Waals surface area contributed by atoms with Crippen LogP contribution in [0.4, 0.5) is 9.59 Å². The summed E-state index contributed by atoms with van der Waals surface area (Å²) < 4.78 is 12.2. The molecule has 1 aromatic carbocycles. The van der Waals surface area contributed by atoms with Crippen LogP contribution in [-0.4, -0.2) is 46.4 Å². The molecule has 0 unspecified atom stereocenters. The van der Waals surface area contributed by atoms with Crippen LogP contribution >= 0.6 is 15.9 Å². The molecule has 0 bridgehead atoms. The van der Waals surface area contributed by atoms with Gasteiger partial charge in [0.2, 0.25) is 0 Å². The fraction of sp³-hybridized carbons (Fsp3) is 0.680. The molecular formula is C25H37BrN2O4. The summed E-state index contributed by atoms with van der Waals surface area (Å²) in [5.74, 6) is 0.341. The average Bonchev–Trinajstić information content (AvgIpc) is 3.41. The van der Waals surface area contributed by atoms with Crippen LogP contribution < -0.4 is 5.32 Å². The first-order valence-corrected chi connectivity index (χ1v) is 12.4. The molecule has 2 saturated carbocycles. The van der Waals surface area contributed by atoms with Crippen LogP contribution in [0, 0.1) is 0 Å². The van der Waals surface area contributed by atoms with E-state index < -0.39 is 11.2 Å². The molecule has 6 nitrogen and oxygen atoms in total. The zero-order valence-electron chi connectivity index (χ0n) is 20.1. The smallest absolute Gasteiger partial charge is 0.410 e. The lowest BCUT2D eigenvalue weighted by atomic mass is 9.90. The maximum absolute atomic E-state index is 13.2. The number of hydrogen-bond donors (Lipinski definition) is 1. The summed E-state index contributed by atoms with van der Waals surface area (Å²) in [4.78, 5) is 27.3. The van der Waals surface area contributed by atoms with Gasteiger partial charge in [-0.05, 0) is 91.3 Å². The highest BCUT2D eigenvalue weighted by molar-refractivity contribution is 9.10. The van der Waals surface area contributed by atoms with Crippen molar-refractivity contribution >= 4 is 28.1 Å². The van der Waals surface area contributed by atoms with Crippen LogP contribution in [0.5, 0.6) is 0 Å². The zero-order valence-corrected chi connectivity index (χ0v) is 21.7. The fourth-order valence-corrected chi connectivity index (χ4v) is 4.66. The molecule has 0 radical (unpaired) electrons. The zero-order chi connectivity index (χ0) is 23.7. The highest BCUT2D eigenvalue weighted by Gasteiger charge is 2.49. The Morgan fingerprint density at radius 3 is 2.03 bits per heavy atom. The molecule has 2 atom stereocenters. The first kappa shape index (κ1) is 24.9. The first-order valence-electron chi connectivity index (χ1n) is 11.6. The quantitative estimate of drug-likeness (QED) is 0.512. The lowest BCUT2D eigenvalue weighted by molar-refractivity contribution is 0.00744. The number of benzene rings is 1. The third-order valence-corrected chi connectivity index (χ3v) is 6.36. The summed E-state index contributed by atoms with van der Waals surface area (Å²) in [6, 6.07) is 8.71. The monoisotopic (exact) mass is 508 g/mol. The minimum Gasteiger partial charge on any atom is -0.444 e. The van der Waals surface area contributed by atoms with E-state index in [0.29, 0.717) is 5.92 Å². The van der Waals surface area contributed by atoms with Gasteiger partial charge in [-0.15, -0.1) is 0 Å². The summed E-state index contributed by atoms with van der Waals surface area (Å²) in [6.45, 7) is 11.3. The van der Waals surface area contributed by atoms with Gasteiger partial charge in [-0.2, -0.15) is 0 Å². The third kappa shape index (κ3) is 7.12. The van der Waals surface area contributed by atoms with Crippen molar-refractivity contribution in [2.24, 2.45) is 0 Å². The second kappa shape index (κ2) is 9.62. The summed E-state index contributed by atoms with van der Waals surface area (Å²) in [5, 5.41) is 2.99. The third-order valence-electron chi connectivity index (χ3n) is 5.83. The topological polar surface area (TPSA) is 67.9 Å².